The molecule has 24 heavy (non-hydrogen) atoms. The SMILES string of the molecule is CC(=O)[C@@]12O[C@@H]1C[C@@H]1[C@@H]3CC[C@H]4C[C@H](O)CC[C@]4(C)[C@@H]3CC[C@]12C. The fourth-order valence-corrected chi connectivity index (χ4v) is 8.30. The highest BCUT2D eigenvalue weighted by molar-refractivity contribution is 5.90. The smallest absolute Gasteiger partial charge is 0.164 e. The van der Waals surface area contributed by atoms with E-state index in [0.29, 0.717) is 17.3 Å². The van der Waals surface area contributed by atoms with Crippen LogP contribution in [0.2, 0.25) is 0 Å². The number of rotatable bonds is 1. The molecule has 5 rings (SSSR count). The second-order valence-corrected chi connectivity index (χ2v) is 10.2. The van der Waals surface area contributed by atoms with Gasteiger partial charge in [-0.2, -0.15) is 0 Å². The number of ether oxygens (including phenoxy) is 1. The zero-order valence-electron chi connectivity index (χ0n) is 15.4. The second-order valence-electron chi connectivity index (χ2n) is 10.2. The van der Waals surface area contributed by atoms with Gasteiger partial charge in [-0.05, 0) is 87.4 Å². The molecule has 0 amide bonds. The van der Waals surface area contributed by atoms with Gasteiger partial charge in [-0.25, -0.2) is 0 Å². The van der Waals surface area contributed by atoms with E-state index < -0.39 is 5.60 Å². The molecular weight excluding hydrogens is 300 g/mol. The van der Waals surface area contributed by atoms with Crippen molar-refractivity contribution in [3.05, 3.63) is 0 Å². The second kappa shape index (κ2) is 4.65. The van der Waals surface area contributed by atoms with E-state index in [1.807, 2.05) is 0 Å². The molecule has 9 atom stereocenters. The first-order valence-electron chi connectivity index (χ1n) is 10.2. The molecule has 0 bridgehead atoms. The van der Waals surface area contributed by atoms with Gasteiger partial charge in [-0.15, -0.1) is 0 Å². The number of carbonyl (C=O) groups is 1. The number of epoxide rings is 1. The summed E-state index contributed by atoms with van der Waals surface area (Å²) in [6, 6.07) is 0. The van der Waals surface area contributed by atoms with E-state index in [9.17, 15) is 9.90 Å². The van der Waals surface area contributed by atoms with Crippen LogP contribution in [-0.4, -0.2) is 28.7 Å². The third-order valence-corrected chi connectivity index (χ3v) is 9.59. The van der Waals surface area contributed by atoms with E-state index in [2.05, 4.69) is 13.8 Å². The van der Waals surface area contributed by atoms with Crippen LogP contribution in [0, 0.1) is 34.5 Å². The Morgan fingerprint density at radius 2 is 1.83 bits per heavy atom. The average Bonchev–Trinajstić information content (AvgIpc) is 3.21. The average molecular weight is 332 g/mol. The molecule has 3 nitrogen and oxygen atoms in total. The van der Waals surface area contributed by atoms with Gasteiger partial charge in [-0.1, -0.05) is 13.8 Å². The van der Waals surface area contributed by atoms with Crippen molar-refractivity contribution in [2.75, 3.05) is 0 Å². The first-order valence-corrected chi connectivity index (χ1v) is 10.2. The van der Waals surface area contributed by atoms with Crippen LogP contribution in [0.1, 0.15) is 72.1 Å². The van der Waals surface area contributed by atoms with Crippen LogP contribution in [0.5, 0.6) is 0 Å². The summed E-state index contributed by atoms with van der Waals surface area (Å²) < 4.78 is 6.02. The number of carbonyl (C=O) groups excluding carboxylic acids is 1. The number of hydrogen-bond donors (Lipinski definition) is 1. The lowest BCUT2D eigenvalue weighted by atomic mass is 9.44. The molecule has 4 aliphatic carbocycles. The highest BCUT2D eigenvalue weighted by atomic mass is 16.6. The number of hydrogen-bond acceptors (Lipinski definition) is 3. The summed E-state index contributed by atoms with van der Waals surface area (Å²) in [5.74, 6) is 3.22. The number of ketones is 1. The third kappa shape index (κ3) is 1.65. The van der Waals surface area contributed by atoms with Crippen molar-refractivity contribution in [3.63, 3.8) is 0 Å². The molecule has 1 aliphatic heterocycles. The Morgan fingerprint density at radius 1 is 1.04 bits per heavy atom. The lowest BCUT2D eigenvalue weighted by molar-refractivity contribution is -0.151. The maximum absolute atomic E-state index is 12.4. The summed E-state index contributed by atoms with van der Waals surface area (Å²) in [5, 5.41) is 10.1. The topological polar surface area (TPSA) is 49.8 Å². The van der Waals surface area contributed by atoms with Crippen LogP contribution in [0.15, 0.2) is 0 Å². The fraction of sp³-hybridized carbons (Fsp3) is 0.952. The minimum atomic E-state index is -0.427. The molecule has 0 spiro atoms. The van der Waals surface area contributed by atoms with Gasteiger partial charge in [0.1, 0.15) is 0 Å². The largest absolute Gasteiger partial charge is 0.393 e. The molecule has 5 fully saturated rings. The van der Waals surface area contributed by atoms with E-state index >= 15 is 0 Å². The van der Waals surface area contributed by atoms with E-state index in [4.69, 9.17) is 4.74 Å². The van der Waals surface area contributed by atoms with Crippen LogP contribution in [0.4, 0.5) is 0 Å². The van der Waals surface area contributed by atoms with E-state index in [-0.39, 0.29) is 23.4 Å². The fourth-order valence-electron chi connectivity index (χ4n) is 8.30. The zero-order chi connectivity index (χ0) is 16.9. The van der Waals surface area contributed by atoms with Crippen LogP contribution < -0.4 is 0 Å². The van der Waals surface area contributed by atoms with Gasteiger partial charge in [0.05, 0.1) is 12.2 Å². The standard InChI is InChI=1S/C21H32O3/c1-12(22)21-18(24-21)11-17-15-5-4-13-10-14(23)6-8-19(13,2)16(15)7-9-20(17,21)3/h13-18,23H,4-11H2,1-3H3/t13-,14+,15+,16+,17+,18+,19-,20+,21+/m0/s1. The molecule has 134 valence electrons. The highest BCUT2D eigenvalue weighted by Gasteiger charge is 2.79. The molecule has 1 heterocycles. The number of aliphatic hydroxyl groups excluding tert-OH is 1. The summed E-state index contributed by atoms with van der Waals surface area (Å²) in [6.07, 6.45) is 9.45. The number of fused-ring (bicyclic) bond motifs is 7. The van der Waals surface area contributed by atoms with E-state index in [0.717, 1.165) is 37.5 Å². The Hall–Kier alpha value is -0.410. The monoisotopic (exact) mass is 332 g/mol. The molecule has 0 unspecified atom stereocenters. The molecule has 0 aromatic carbocycles. The molecule has 0 aromatic rings. The summed E-state index contributed by atoms with van der Waals surface area (Å²) in [4.78, 5) is 12.4. The van der Waals surface area contributed by atoms with Crippen molar-refractivity contribution in [1.29, 1.82) is 0 Å². The Kier molecular flexibility index (Phi) is 3.06. The van der Waals surface area contributed by atoms with Gasteiger partial charge in [0.25, 0.3) is 0 Å². The Bertz CT molecular complexity index is 588. The van der Waals surface area contributed by atoms with Crippen molar-refractivity contribution in [2.24, 2.45) is 34.5 Å². The Labute approximate surface area is 145 Å². The van der Waals surface area contributed by atoms with Gasteiger partial charge in [0, 0.05) is 5.41 Å². The number of Topliss-reactive ketones (excluding diaryl/α,β-unsaturated/α-hetero) is 1. The first-order chi connectivity index (χ1) is 11.3. The summed E-state index contributed by atoms with van der Waals surface area (Å²) in [7, 11) is 0. The van der Waals surface area contributed by atoms with Crippen molar-refractivity contribution in [3.8, 4) is 0 Å². The molecule has 1 saturated heterocycles. The van der Waals surface area contributed by atoms with Gasteiger partial charge >= 0.3 is 0 Å². The van der Waals surface area contributed by atoms with E-state index in [1.165, 1.54) is 25.7 Å². The molecule has 0 aromatic heterocycles. The highest BCUT2D eigenvalue weighted by Crippen LogP contribution is 2.73. The van der Waals surface area contributed by atoms with Crippen LogP contribution in [-0.2, 0) is 9.53 Å². The van der Waals surface area contributed by atoms with E-state index in [1.54, 1.807) is 6.92 Å². The predicted octanol–water partition coefficient (Wildman–Crippen LogP) is 3.73. The van der Waals surface area contributed by atoms with Crippen molar-refractivity contribution in [2.45, 2.75) is 89.9 Å². The van der Waals surface area contributed by atoms with Gasteiger partial charge in [-0.3, -0.25) is 4.79 Å². The van der Waals surface area contributed by atoms with Gasteiger partial charge < -0.3 is 9.84 Å². The summed E-state index contributed by atoms with van der Waals surface area (Å²) in [6.45, 7) is 6.64. The lowest BCUT2D eigenvalue weighted by Crippen LogP contribution is -2.56. The maximum atomic E-state index is 12.4. The summed E-state index contributed by atoms with van der Waals surface area (Å²) in [5.41, 5.74) is 0.0612. The minimum absolute atomic E-state index is 0.0676. The Morgan fingerprint density at radius 3 is 2.58 bits per heavy atom. The van der Waals surface area contributed by atoms with Gasteiger partial charge in [0.2, 0.25) is 0 Å². The molecule has 4 saturated carbocycles. The maximum Gasteiger partial charge on any atom is 0.164 e. The number of aliphatic hydroxyl groups is 1. The van der Waals surface area contributed by atoms with Crippen molar-refractivity contribution >= 4 is 5.78 Å². The van der Waals surface area contributed by atoms with Crippen LogP contribution >= 0.6 is 0 Å². The molecular formula is C21H32O3. The summed E-state index contributed by atoms with van der Waals surface area (Å²) >= 11 is 0. The zero-order valence-corrected chi connectivity index (χ0v) is 15.4. The third-order valence-electron chi connectivity index (χ3n) is 9.59. The Balaban J connectivity index is 1.47. The van der Waals surface area contributed by atoms with Crippen molar-refractivity contribution < 1.29 is 14.6 Å². The first kappa shape index (κ1) is 15.8. The van der Waals surface area contributed by atoms with Crippen molar-refractivity contribution in [1.82, 2.24) is 0 Å². The molecule has 5 aliphatic rings. The van der Waals surface area contributed by atoms with Crippen LogP contribution in [0.3, 0.4) is 0 Å². The molecule has 1 N–H and O–H groups in total. The van der Waals surface area contributed by atoms with Crippen LogP contribution in [0.25, 0.3) is 0 Å². The minimum Gasteiger partial charge on any atom is -0.393 e. The quantitative estimate of drug-likeness (QED) is 0.745. The molecule has 3 heteroatoms. The normalized spacial score (nSPS) is 61.3. The van der Waals surface area contributed by atoms with Gasteiger partial charge in [0.15, 0.2) is 11.4 Å². The lowest BCUT2D eigenvalue weighted by Gasteiger charge is -2.61. The predicted molar refractivity (Wildman–Crippen MR) is 91.4 cm³/mol. The molecule has 0 radical (unpaired) electrons.